The molecular formula is C23H25ClN2O4. The molecular weight excluding hydrogens is 404 g/mol. The second-order valence-corrected chi connectivity index (χ2v) is 7.93. The smallest absolute Gasteiger partial charge is 0.255 e. The topological polar surface area (TPSA) is 83.7 Å². The van der Waals surface area contributed by atoms with Crippen molar-refractivity contribution in [2.75, 3.05) is 18.5 Å². The number of benzene rings is 2. The van der Waals surface area contributed by atoms with Crippen molar-refractivity contribution in [1.82, 2.24) is 4.57 Å². The molecule has 0 spiro atoms. The van der Waals surface area contributed by atoms with Crippen LogP contribution in [-0.2, 0) is 6.54 Å². The zero-order chi connectivity index (χ0) is 21.7. The van der Waals surface area contributed by atoms with Crippen molar-refractivity contribution in [3.63, 3.8) is 0 Å². The number of aryl methyl sites for hydroxylation is 1. The molecule has 0 bridgehead atoms. The van der Waals surface area contributed by atoms with E-state index in [2.05, 4.69) is 5.32 Å². The number of anilines is 1. The van der Waals surface area contributed by atoms with Crippen LogP contribution in [0.4, 0.5) is 5.69 Å². The molecule has 30 heavy (non-hydrogen) atoms. The van der Waals surface area contributed by atoms with Gasteiger partial charge in [-0.2, -0.15) is 0 Å². The predicted octanol–water partition coefficient (Wildman–Crippen LogP) is 3.53. The van der Waals surface area contributed by atoms with Crippen molar-refractivity contribution in [3.8, 4) is 11.4 Å². The van der Waals surface area contributed by atoms with Crippen molar-refractivity contribution in [1.29, 1.82) is 0 Å². The van der Waals surface area contributed by atoms with E-state index in [4.69, 9.17) is 21.4 Å². The number of pyridine rings is 1. The Bertz CT molecular complexity index is 1060. The minimum Gasteiger partial charge on any atom is -0.490 e. The summed E-state index contributed by atoms with van der Waals surface area (Å²) >= 11 is 5.89. The average molecular weight is 429 g/mol. The van der Waals surface area contributed by atoms with Gasteiger partial charge in [0.15, 0.2) is 0 Å². The van der Waals surface area contributed by atoms with E-state index < -0.39 is 12.2 Å². The lowest BCUT2D eigenvalue weighted by atomic mass is 10.1. The van der Waals surface area contributed by atoms with Crippen LogP contribution in [0.1, 0.15) is 18.1 Å². The van der Waals surface area contributed by atoms with E-state index in [0.717, 1.165) is 22.5 Å². The summed E-state index contributed by atoms with van der Waals surface area (Å²) in [6.45, 7) is 3.47. The van der Waals surface area contributed by atoms with E-state index in [1.807, 2.05) is 43.3 Å². The molecule has 7 heteroatoms. The summed E-state index contributed by atoms with van der Waals surface area (Å²) < 4.78 is 7.16. The summed E-state index contributed by atoms with van der Waals surface area (Å²) in [6, 6.07) is 16.2. The van der Waals surface area contributed by atoms with E-state index in [1.54, 1.807) is 29.0 Å². The monoisotopic (exact) mass is 428 g/mol. The van der Waals surface area contributed by atoms with Crippen LogP contribution in [0.3, 0.4) is 0 Å². The lowest BCUT2D eigenvalue weighted by Gasteiger charge is -2.21. The predicted molar refractivity (Wildman–Crippen MR) is 119 cm³/mol. The van der Waals surface area contributed by atoms with E-state index in [1.165, 1.54) is 6.92 Å². The number of nitrogens with one attached hydrogen (secondary N) is 1. The molecule has 1 atom stereocenters. The first kappa shape index (κ1) is 21.9. The van der Waals surface area contributed by atoms with Crippen LogP contribution in [-0.4, -0.2) is 33.6 Å². The van der Waals surface area contributed by atoms with Gasteiger partial charge in [-0.3, -0.25) is 9.36 Å². The van der Waals surface area contributed by atoms with Gasteiger partial charge < -0.3 is 20.3 Å². The van der Waals surface area contributed by atoms with Crippen molar-refractivity contribution < 1.29 is 14.9 Å². The first-order chi connectivity index (χ1) is 14.3. The van der Waals surface area contributed by atoms with E-state index >= 15 is 0 Å². The van der Waals surface area contributed by atoms with Gasteiger partial charge in [-0.15, -0.1) is 0 Å². The fraction of sp³-hybridized carbons (Fsp3) is 0.261. The highest BCUT2D eigenvalue weighted by atomic mass is 35.5. The Kier molecular flexibility index (Phi) is 6.82. The normalized spacial score (nSPS) is 13.0. The maximum absolute atomic E-state index is 12.6. The van der Waals surface area contributed by atoms with Gasteiger partial charge in [-0.25, -0.2) is 0 Å². The molecule has 0 aliphatic rings. The molecule has 2 aromatic carbocycles. The van der Waals surface area contributed by atoms with Crippen molar-refractivity contribution in [2.24, 2.45) is 0 Å². The van der Waals surface area contributed by atoms with Crippen LogP contribution < -0.4 is 15.6 Å². The second-order valence-electron chi connectivity index (χ2n) is 7.50. The molecule has 0 saturated heterocycles. The van der Waals surface area contributed by atoms with Gasteiger partial charge in [-0.05, 0) is 73.5 Å². The number of aliphatic hydroxyl groups is 2. The number of hydrogen-bond donors (Lipinski definition) is 3. The summed E-state index contributed by atoms with van der Waals surface area (Å²) in [4.78, 5) is 12.6. The Balaban J connectivity index is 1.70. The minimum atomic E-state index is -1.31. The highest BCUT2D eigenvalue weighted by Gasteiger charge is 2.20. The molecule has 3 aromatic rings. The first-order valence-corrected chi connectivity index (χ1v) is 9.93. The number of rotatable bonds is 8. The fourth-order valence-corrected chi connectivity index (χ4v) is 2.97. The van der Waals surface area contributed by atoms with Gasteiger partial charge in [-0.1, -0.05) is 11.6 Å². The van der Waals surface area contributed by atoms with Crippen molar-refractivity contribution in [3.05, 3.63) is 87.3 Å². The number of nitrogens with zero attached hydrogens (tertiary/aromatic N) is 1. The molecule has 0 saturated carbocycles. The number of halogens is 1. The maximum Gasteiger partial charge on any atom is 0.255 e. The molecule has 1 heterocycles. The summed E-state index contributed by atoms with van der Waals surface area (Å²) in [5.74, 6) is 0.587. The van der Waals surface area contributed by atoms with Crippen LogP contribution >= 0.6 is 11.6 Å². The SMILES string of the molecule is Cc1cc(-n2ccc(CNc3ccc(Cl)cc3)cc2=O)ccc1OCC(C)(O)CO. The van der Waals surface area contributed by atoms with Gasteiger partial charge in [0.2, 0.25) is 0 Å². The lowest BCUT2D eigenvalue weighted by Crippen LogP contribution is -2.36. The zero-order valence-electron chi connectivity index (χ0n) is 16.9. The summed E-state index contributed by atoms with van der Waals surface area (Å²) in [5.41, 5.74) is 1.89. The standard InChI is InChI=1S/C23H25ClN2O4/c1-16-11-20(7-8-21(16)30-15-23(2,29)14-27)26-10-9-17(12-22(26)28)13-25-19-5-3-18(24)4-6-19/h3-12,25,27,29H,13-15H2,1-2H3. The van der Waals surface area contributed by atoms with Crippen LogP contribution in [0, 0.1) is 6.92 Å². The fourth-order valence-electron chi connectivity index (χ4n) is 2.84. The van der Waals surface area contributed by atoms with Gasteiger partial charge in [0, 0.05) is 35.2 Å². The van der Waals surface area contributed by atoms with Crippen LogP contribution in [0.5, 0.6) is 5.75 Å². The van der Waals surface area contributed by atoms with Crippen molar-refractivity contribution in [2.45, 2.75) is 26.0 Å². The van der Waals surface area contributed by atoms with Gasteiger partial charge >= 0.3 is 0 Å². The van der Waals surface area contributed by atoms with Crippen molar-refractivity contribution >= 4 is 17.3 Å². The highest BCUT2D eigenvalue weighted by molar-refractivity contribution is 6.30. The number of hydrogen-bond acceptors (Lipinski definition) is 5. The summed E-state index contributed by atoms with van der Waals surface area (Å²) in [6.07, 6.45) is 1.74. The van der Waals surface area contributed by atoms with Gasteiger partial charge in [0.25, 0.3) is 5.56 Å². The number of aliphatic hydroxyl groups excluding tert-OH is 1. The molecule has 0 amide bonds. The Morgan fingerprint density at radius 1 is 1.13 bits per heavy atom. The van der Waals surface area contributed by atoms with Crippen LogP contribution in [0.2, 0.25) is 5.02 Å². The quantitative estimate of drug-likeness (QED) is 0.511. The largest absolute Gasteiger partial charge is 0.490 e. The second kappa shape index (κ2) is 9.34. The highest BCUT2D eigenvalue weighted by Crippen LogP contribution is 2.22. The van der Waals surface area contributed by atoms with Crippen LogP contribution in [0.15, 0.2) is 65.6 Å². The summed E-state index contributed by atoms with van der Waals surface area (Å²) in [5, 5.41) is 22.9. The number of ether oxygens (including phenoxy) is 1. The first-order valence-electron chi connectivity index (χ1n) is 9.55. The van der Waals surface area contributed by atoms with E-state index in [9.17, 15) is 9.90 Å². The molecule has 3 rings (SSSR count). The Labute approximate surface area is 180 Å². The molecule has 3 N–H and O–H groups in total. The number of aromatic nitrogens is 1. The molecule has 6 nitrogen and oxygen atoms in total. The average Bonchev–Trinajstić information content (AvgIpc) is 2.72. The Morgan fingerprint density at radius 2 is 1.87 bits per heavy atom. The third kappa shape index (κ3) is 5.63. The van der Waals surface area contributed by atoms with E-state index in [-0.39, 0.29) is 12.2 Å². The molecule has 0 fully saturated rings. The van der Waals surface area contributed by atoms with Gasteiger partial charge in [0.1, 0.15) is 18.0 Å². The summed E-state index contributed by atoms with van der Waals surface area (Å²) in [7, 11) is 0. The van der Waals surface area contributed by atoms with Crippen LogP contribution in [0.25, 0.3) is 5.69 Å². The lowest BCUT2D eigenvalue weighted by molar-refractivity contribution is -0.0326. The third-order valence-electron chi connectivity index (χ3n) is 4.64. The zero-order valence-corrected chi connectivity index (χ0v) is 17.7. The molecule has 0 aliphatic heterocycles. The van der Waals surface area contributed by atoms with E-state index in [0.29, 0.717) is 17.3 Å². The molecule has 1 unspecified atom stereocenters. The van der Waals surface area contributed by atoms with Gasteiger partial charge in [0.05, 0.1) is 6.61 Å². The maximum atomic E-state index is 12.6. The Hall–Kier alpha value is -2.80. The molecule has 0 aliphatic carbocycles. The minimum absolute atomic E-state index is 0.0288. The molecule has 1 aromatic heterocycles. The third-order valence-corrected chi connectivity index (χ3v) is 4.89. The molecule has 158 valence electrons. The molecule has 0 radical (unpaired) electrons. The Morgan fingerprint density at radius 3 is 2.50 bits per heavy atom.